The number of rotatable bonds is 6. The average Bonchev–Trinajstić information content (AvgIpc) is 4.09. The van der Waals surface area contributed by atoms with E-state index >= 15 is 0 Å². The van der Waals surface area contributed by atoms with Gasteiger partial charge >= 0.3 is 53.5 Å². The van der Waals surface area contributed by atoms with Gasteiger partial charge in [0.1, 0.15) is 0 Å². The summed E-state index contributed by atoms with van der Waals surface area (Å²) < 4.78 is 11.9. The molecule has 0 saturated carbocycles. The van der Waals surface area contributed by atoms with Crippen LogP contribution in [0.2, 0.25) is 13.1 Å². The number of fused-ring (bicyclic) bond motifs is 4. The minimum atomic E-state index is -1.65. The molecule has 2 nitrogen and oxygen atoms in total. The van der Waals surface area contributed by atoms with Crippen LogP contribution < -0.4 is 0 Å². The van der Waals surface area contributed by atoms with Gasteiger partial charge in [-0.15, -0.1) is 57.9 Å². The Balaban J connectivity index is 0.000000147. The van der Waals surface area contributed by atoms with Gasteiger partial charge < -0.3 is 8.83 Å². The maximum atomic E-state index is 5.94. The SMILES string of the molecule is CCc1ccc(-c2c(C)ccc3[cH-]c(-c4occ5ccccc45)cc23)cc1.CCc1ccc(-c2c(C)ccc3[cH-]c(-c4occ5ccccc45)cc23)cc1.C[Si](C)=[Zr]([Cl])[Cl]. The van der Waals surface area contributed by atoms with Gasteiger partial charge in [0, 0.05) is 10.8 Å². The molecule has 8 aromatic carbocycles. The van der Waals surface area contributed by atoms with Crippen LogP contribution in [-0.2, 0) is 30.8 Å². The number of halogens is 2. The molecule has 10 rings (SSSR count). The summed E-state index contributed by atoms with van der Waals surface area (Å²) in [4.78, 5) is 0. The van der Waals surface area contributed by atoms with Crippen molar-refractivity contribution in [3.8, 4) is 44.9 Å². The van der Waals surface area contributed by atoms with Crippen LogP contribution in [0.1, 0.15) is 36.1 Å². The van der Waals surface area contributed by atoms with E-state index in [1.807, 2.05) is 24.7 Å². The number of hydrogen-bond donors (Lipinski definition) is 0. The second kappa shape index (κ2) is 18.5. The topological polar surface area (TPSA) is 26.3 Å². The van der Waals surface area contributed by atoms with Crippen LogP contribution in [0, 0.1) is 13.8 Å². The molecular formula is C54H48Cl2O2SiZr-2. The van der Waals surface area contributed by atoms with Crippen LogP contribution in [-0.4, -0.2) is 5.43 Å². The molecule has 0 aliphatic carbocycles. The predicted octanol–water partition coefficient (Wildman–Crippen LogP) is 17.2. The molecule has 0 saturated heterocycles. The molecule has 0 amide bonds. The Morgan fingerprint density at radius 2 is 0.900 bits per heavy atom. The molecule has 0 atom stereocenters. The second-order valence-electron chi connectivity index (χ2n) is 15.7. The van der Waals surface area contributed by atoms with E-state index in [0.29, 0.717) is 0 Å². The van der Waals surface area contributed by atoms with Crippen LogP contribution >= 0.6 is 17.0 Å². The van der Waals surface area contributed by atoms with Crippen molar-refractivity contribution in [3.05, 3.63) is 180 Å². The first-order valence-electron chi connectivity index (χ1n) is 20.6. The third-order valence-corrected chi connectivity index (χ3v) is 31.2. The summed E-state index contributed by atoms with van der Waals surface area (Å²) in [5.41, 5.74) is 12.6. The standard InChI is InChI=1S/2C26H21O.C2H6Si.2ClH.Zr/c2*1-3-18-9-12-19(13-10-18)25-17(2)8-11-20-14-22(15-24(20)25)26-23-7-5-4-6-21(23)16-27-26;1-3-2;;;/h2*4-16H,3H2,1-2H3;1-2H3;2*1H;/q2*-1;;;;+2/p-2. The van der Waals surface area contributed by atoms with Gasteiger partial charge in [-0.2, -0.15) is 0 Å². The molecule has 0 fully saturated rings. The van der Waals surface area contributed by atoms with Gasteiger partial charge in [0.15, 0.2) is 0 Å². The molecule has 6 heteroatoms. The second-order valence-corrected chi connectivity index (χ2v) is 38.7. The predicted molar refractivity (Wildman–Crippen MR) is 258 cm³/mol. The van der Waals surface area contributed by atoms with Crippen molar-refractivity contribution >= 4 is 65.5 Å². The summed E-state index contributed by atoms with van der Waals surface area (Å²) in [6.45, 7) is 13.1. The fraction of sp³-hybridized carbons (Fsp3) is 0.148. The van der Waals surface area contributed by atoms with Crippen LogP contribution in [0.25, 0.3) is 88.0 Å². The van der Waals surface area contributed by atoms with Crippen molar-refractivity contribution in [2.75, 3.05) is 0 Å². The molecule has 60 heavy (non-hydrogen) atoms. The first-order chi connectivity index (χ1) is 29.1. The Hall–Kier alpha value is -4.70. The van der Waals surface area contributed by atoms with Gasteiger partial charge in [-0.3, -0.25) is 0 Å². The molecule has 2 aromatic heterocycles. The molecule has 0 unspecified atom stereocenters. The molecule has 0 aliphatic rings. The van der Waals surface area contributed by atoms with Crippen LogP contribution in [0.5, 0.6) is 0 Å². The van der Waals surface area contributed by atoms with Crippen molar-refractivity contribution in [3.63, 3.8) is 0 Å². The zero-order chi connectivity index (χ0) is 41.9. The zero-order valence-electron chi connectivity index (χ0n) is 35.0. The molecule has 0 aliphatic heterocycles. The summed E-state index contributed by atoms with van der Waals surface area (Å²) in [6, 6.07) is 52.5. The van der Waals surface area contributed by atoms with Crippen molar-refractivity contribution in [1.82, 2.24) is 0 Å². The molecule has 2 heterocycles. The molecule has 0 radical (unpaired) electrons. The van der Waals surface area contributed by atoms with Gasteiger partial charge in [-0.25, -0.2) is 0 Å². The fourth-order valence-electron chi connectivity index (χ4n) is 8.06. The summed E-state index contributed by atoms with van der Waals surface area (Å²) in [5, 5.41) is 9.70. The number of hydrogen-bond acceptors (Lipinski definition) is 2. The van der Waals surface area contributed by atoms with E-state index in [2.05, 4.69) is 174 Å². The fourth-order valence-corrected chi connectivity index (χ4v) is 8.06. The van der Waals surface area contributed by atoms with Gasteiger partial charge in [0.05, 0.1) is 24.0 Å². The maximum absolute atomic E-state index is 5.94. The monoisotopic (exact) mass is 916 g/mol. The summed E-state index contributed by atoms with van der Waals surface area (Å²) in [5.74, 6) is 1.90. The normalized spacial score (nSPS) is 11.1. The van der Waals surface area contributed by atoms with Gasteiger partial charge in [0.2, 0.25) is 0 Å². The summed E-state index contributed by atoms with van der Waals surface area (Å²) in [7, 11) is 11.2. The first-order valence-corrected chi connectivity index (χ1v) is 33.2. The first kappa shape index (κ1) is 42.0. The van der Waals surface area contributed by atoms with Crippen LogP contribution in [0.3, 0.4) is 0 Å². The van der Waals surface area contributed by atoms with Gasteiger partial charge in [0.25, 0.3) is 0 Å². The third kappa shape index (κ3) is 8.72. The Kier molecular flexibility index (Phi) is 13.0. The van der Waals surface area contributed by atoms with Crippen molar-refractivity contribution in [1.29, 1.82) is 0 Å². The Labute approximate surface area is 368 Å². The Morgan fingerprint density at radius 1 is 0.517 bits per heavy atom. The van der Waals surface area contributed by atoms with Gasteiger partial charge in [-0.1, -0.05) is 145 Å². The molecule has 300 valence electrons. The molecular weight excluding hydrogens is 871 g/mol. The van der Waals surface area contributed by atoms with Crippen molar-refractivity contribution < 1.29 is 26.8 Å². The van der Waals surface area contributed by atoms with E-state index < -0.39 is 18.0 Å². The van der Waals surface area contributed by atoms with E-state index in [0.717, 1.165) is 46.3 Å². The Bertz CT molecular complexity index is 2900. The van der Waals surface area contributed by atoms with E-state index in [4.69, 9.17) is 25.9 Å². The summed E-state index contributed by atoms with van der Waals surface area (Å²) >= 11 is -1.65. The summed E-state index contributed by atoms with van der Waals surface area (Å²) in [6.07, 6.45) is 5.82. The van der Waals surface area contributed by atoms with E-state index in [1.165, 1.54) is 76.8 Å². The van der Waals surface area contributed by atoms with E-state index in [-0.39, 0.29) is 5.43 Å². The Morgan fingerprint density at radius 3 is 1.27 bits per heavy atom. The van der Waals surface area contributed by atoms with Crippen LogP contribution in [0.4, 0.5) is 0 Å². The van der Waals surface area contributed by atoms with E-state index in [9.17, 15) is 0 Å². The van der Waals surface area contributed by atoms with Crippen molar-refractivity contribution in [2.24, 2.45) is 0 Å². The zero-order valence-corrected chi connectivity index (χ0v) is 40.0. The molecule has 0 N–H and O–H groups in total. The van der Waals surface area contributed by atoms with Crippen molar-refractivity contribution in [2.45, 2.75) is 53.6 Å². The number of aryl methyl sites for hydroxylation is 4. The number of furan rings is 2. The quantitative estimate of drug-likeness (QED) is 0.123. The number of benzene rings is 6. The molecule has 10 aromatic rings. The molecule has 0 bridgehead atoms. The molecule has 0 spiro atoms. The van der Waals surface area contributed by atoms with E-state index in [1.54, 1.807) is 0 Å². The average molecular weight is 919 g/mol. The van der Waals surface area contributed by atoms with Gasteiger partial charge in [-0.05, 0) is 70.8 Å². The third-order valence-electron chi connectivity index (χ3n) is 11.4. The van der Waals surface area contributed by atoms with Crippen LogP contribution in [0.15, 0.2) is 167 Å². The minimum absolute atomic E-state index is 0.224.